The number of aromatic nitrogens is 2. The predicted octanol–water partition coefficient (Wildman–Crippen LogP) is 3.38. The molecule has 6 nitrogen and oxygen atoms in total. The molecule has 0 unspecified atom stereocenters. The first-order valence-corrected chi connectivity index (χ1v) is 10.3. The Balaban J connectivity index is 1.31. The Morgan fingerprint density at radius 2 is 1.77 bits per heavy atom. The van der Waals surface area contributed by atoms with Gasteiger partial charge in [-0.05, 0) is 22.3 Å². The fourth-order valence-corrected chi connectivity index (χ4v) is 4.95. The second kappa shape index (κ2) is 7.61. The van der Waals surface area contributed by atoms with Crippen molar-refractivity contribution in [2.24, 2.45) is 13.0 Å². The van der Waals surface area contributed by atoms with Crippen molar-refractivity contribution in [3.8, 4) is 11.1 Å². The Kier molecular flexibility index (Phi) is 4.79. The molecule has 2 atom stereocenters. The Hall–Kier alpha value is -3.12. The quantitative estimate of drug-likeness (QED) is 0.725. The summed E-state index contributed by atoms with van der Waals surface area (Å²) in [5.74, 6) is 0.0920. The molecule has 1 amide bonds. The molecule has 0 bridgehead atoms. The third-order valence-corrected chi connectivity index (χ3v) is 6.50. The molecule has 5 rings (SSSR count). The number of ether oxygens (including phenoxy) is 1. The molecule has 3 aromatic rings. The van der Waals surface area contributed by atoms with Crippen LogP contribution >= 0.6 is 0 Å². The predicted molar refractivity (Wildman–Crippen MR) is 113 cm³/mol. The normalized spacial score (nSPS) is 20.3. The van der Waals surface area contributed by atoms with Crippen LogP contribution in [0.15, 0.2) is 61.1 Å². The minimum absolute atomic E-state index is 0.0131. The number of nitrogens with zero attached hydrogens (tertiary/aromatic N) is 3. The van der Waals surface area contributed by atoms with Crippen molar-refractivity contribution >= 4 is 6.09 Å². The van der Waals surface area contributed by atoms with E-state index in [1.807, 2.05) is 42.1 Å². The number of carbonyl (C=O) groups is 1. The maximum Gasteiger partial charge on any atom is 0.409 e. The van der Waals surface area contributed by atoms with E-state index in [0.29, 0.717) is 19.7 Å². The van der Waals surface area contributed by atoms with E-state index in [2.05, 4.69) is 29.2 Å². The molecule has 1 aromatic heterocycles. The molecule has 1 aliphatic carbocycles. The molecule has 0 radical (unpaired) electrons. The first-order chi connectivity index (χ1) is 14.7. The molecule has 1 fully saturated rings. The zero-order chi connectivity index (χ0) is 20.7. The number of hydrogen-bond acceptors (Lipinski definition) is 4. The summed E-state index contributed by atoms with van der Waals surface area (Å²) in [5.41, 5.74) is 5.87. The Bertz CT molecular complexity index is 1030. The van der Waals surface area contributed by atoms with Crippen LogP contribution in [0.1, 0.15) is 28.7 Å². The summed E-state index contributed by atoms with van der Waals surface area (Å²) in [7, 11) is 1.94. The first-order valence-electron chi connectivity index (χ1n) is 10.3. The van der Waals surface area contributed by atoms with Crippen LogP contribution in [0.3, 0.4) is 0 Å². The van der Waals surface area contributed by atoms with Gasteiger partial charge < -0.3 is 19.3 Å². The van der Waals surface area contributed by atoms with E-state index < -0.39 is 0 Å². The van der Waals surface area contributed by atoms with Crippen LogP contribution in [0.5, 0.6) is 0 Å². The van der Waals surface area contributed by atoms with E-state index in [1.54, 1.807) is 11.2 Å². The van der Waals surface area contributed by atoms with Gasteiger partial charge in [-0.2, -0.15) is 0 Å². The van der Waals surface area contributed by atoms with Gasteiger partial charge in [-0.3, -0.25) is 0 Å². The number of imidazole rings is 1. The van der Waals surface area contributed by atoms with Crippen molar-refractivity contribution in [1.29, 1.82) is 0 Å². The summed E-state index contributed by atoms with van der Waals surface area (Å²) in [5, 5.41) is 9.84. The summed E-state index contributed by atoms with van der Waals surface area (Å²) in [6.07, 6.45) is 3.24. The molecule has 0 spiro atoms. The molecule has 0 saturated carbocycles. The maximum absolute atomic E-state index is 12.9. The fraction of sp³-hybridized carbons (Fsp3) is 0.333. The molecule has 1 saturated heterocycles. The number of aliphatic hydroxyl groups is 1. The van der Waals surface area contributed by atoms with Gasteiger partial charge in [0.25, 0.3) is 0 Å². The zero-order valence-corrected chi connectivity index (χ0v) is 16.9. The summed E-state index contributed by atoms with van der Waals surface area (Å²) >= 11 is 0. The Morgan fingerprint density at radius 1 is 1.10 bits per heavy atom. The lowest BCUT2D eigenvalue weighted by molar-refractivity contribution is 0.105. The van der Waals surface area contributed by atoms with Gasteiger partial charge in [0, 0.05) is 56.4 Å². The third-order valence-electron chi connectivity index (χ3n) is 6.50. The highest BCUT2D eigenvalue weighted by atomic mass is 16.6. The van der Waals surface area contributed by atoms with Gasteiger partial charge in [-0.25, -0.2) is 9.78 Å². The monoisotopic (exact) mass is 403 g/mol. The summed E-state index contributed by atoms with van der Waals surface area (Å²) in [4.78, 5) is 18.8. The first kappa shape index (κ1) is 18.9. The van der Waals surface area contributed by atoms with Crippen molar-refractivity contribution in [3.05, 3.63) is 77.9 Å². The molecule has 1 aliphatic heterocycles. The number of rotatable bonds is 4. The highest BCUT2D eigenvalue weighted by Crippen LogP contribution is 2.44. The summed E-state index contributed by atoms with van der Waals surface area (Å²) in [6.45, 7) is 1.36. The van der Waals surface area contributed by atoms with Crippen molar-refractivity contribution in [3.63, 3.8) is 0 Å². The van der Waals surface area contributed by atoms with Gasteiger partial charge in [-0.1, -0.05) is 48.5 Å². The van der Waals surface area contributed by atoms with Gasteiger partial charge in [0.2, 0.25) is 0 Å². The second-order valence-corrected chi connectivity index (χ2v) is 8.19. The highest BCUT2D eigenvalue weighted by molar-refractivity contribution is 5.79. The van der Waals surface area contributed by atoms with Crippen LogP contribution in [0.4, 0.5) is 4.79 Å². The minimum Gasteiger partial charge on any atom is -0.448 e. The van der Waals surface area contributed by atoms with Gasteiger partial charge >= 0.3 is 6.09 Å². The van der Waals surface area contributed by atoms with E-state index in [9.17, 15) is 9.90 Å². The molecule has 30 heavy (non-hydrogen) atoms. The molecule has 2 aliphatic rings. The molecular formula is C24H25N3O3. The fourth-order valence-electron chi connectivity index (χ4n) is 4.95. The van der Waals surface area contributed by atoms with Gasteiger partial charge in [0.1, 0.15) is 6.61 Å². The lowest BCUT2D eigenvalue weighted by Gasteiger charge is -2.19. The average Bonchev–Trinajstić information content (AvgIpc) is 3.47. The smallest absolute Gasteiger partial charge is 0.409 e. The van der Waals surface area contributed by atoms with Crippen molar-refractivity contribution in [2.75, 3.05) is 26.3 Å². The summed E-state index contributed by atoms with van der Waals surface area (Å²) < 4.78 is 7.75. The topological polar surface area (TPSA) is 67.6 Å². The maximum atomic E-state index is 12.9. The molecule has 2 aromatic carbocycles. The van der Waals surface area contributed by atoms with Crippen LogP contribution in [0.25, 0.3) is 11.1 Å². The van der Waals surface area contributed by atoms with E-state index >= 15 is 0 Å². The number of likely N-dealkylation sites (tertiary alicyclic amines) is 1. The number of aliphatic hydroxyl groups excluding tert-OH is 1. The minimum atomic E-state index is -0.319. The SMILES string of the molecule is Cn1cncc1[C@@H]1CN(C(=O)OCC2c3ccccc3-c3ccccc32)C[C@H]1CO. The number of fused-ring (bicyclic) bond motifs is 3. The zero-order valence-electron chi connectivity index (χ0n) is 16.9. The molecule has 1 N–H and O–H groups in total. The van der Waals surface area contributed by atoms with E-state index in [4.69, 9.17) is 4.74 Å². The van der Waals surface area contributed by atoms with Crippen LogP contribution in [0.2, 0.25) is 0 Å². The molecule has 2 heterocycles. The molecule has 6 heteroatoms. The number of carbonyl (C=O) groups excluding carboxylic acids is 1. The number of hydrogen-bond donors (Lipinski definition) is 1. The summed E-state index contributed by atoms with van der Waals surface area (Å²) in [6, 6.07) is 16.6. The standard InChI is InChI=1S/C24H25N3O3/c1-26-15-25-10-23(26)21-12-27(11-16(21)13-28)24(29)30-14-22-19-8-4-2-6-17(19)18-7-3-5-9-20(18)22/h2-10,15-16,21-22,28H,11-14H2,1H3/t16-,21+/m0/s1. The van der Waals surface area contributed by atoms with Gasteiger partial charge in [0.05, 0.1) is 6.33 Å². The second-order valence-electron chi connectivity index (χ2n) is 8.19. The largest absolute Gasteiger partial charge is 0.448 e. The van der Waals surface area contributed by atoms with E-state index in [1.165, 1.54) is 22.3 Å². The van der Waals surface area contributed by atoms with Crippen LogP contribution in [0, 0.1) is 5.92 Å². The number of benzene rings is 2. The lowest BCUT2D eigenvalue weighted by Crippen LogP contribution is -2.31. The number of amides is 1. The van der Waals surface area contributed by atoms with Crippen LogP contribution in [-0.2, 0) is 11.8 Å². The third kappa shape index (κ3) is 3.08. The molecular weight excluding hydrogens is 378 g/mol. The molecule has 154 valence electrons. The lowest BCUT2D eigenvalue weighted by atomic mass is 9.94. The average molecular weight is 403 g/mol. The van der Waals surface area contributed by atoms with Gasteiger partial charge in [0.15, 0.2) is 0 Å². The van der Waals surface area contributed by atoms with E-state index in [0.717, 1.165) is 5.69 Å². The number of aryl methyl sites for hydroxylation is 1. The Labute approximate surface area is 175 Å². The van der Waals surface area contributed by atoms with Crippen molar-refractivity contribution in [2.45, 2.75) is 11.8 Å². The van der Waals surface area contributed by atoms with Crippen molar-refractivity contribution in [1.82, 2.24) is 14.5 Å². The Morgan fingerprint density at radius 3 is 2.37 bits per heavy atom. The highest BCUT2D eigenvalue weighted by Gasteiger charge is 2.38. The van der Waals surface area contributed by atoms with Crippen LogP contribution in [-0.4, -0.2) is 52.0 Å². The van der Waals surface area contributed by atoms with Gasteiger partial charge in [-0.15, -0.1) is 0 Å². The van der Waals surface area contributed by atoms with E-state index in [-0.39, 0.29) is 30.5 Å². The van der Waals surface area contributed by atoms with Crippen molar-refractivity contribution < 1.29 is 14.6 Å². The van der Waals surface area contributed by atoms with Crippen LogP contribution < -0.4 is 0 Å².